The fourth-order valence-electron chi connectivity index (χ4n) is 2.31. The summed E-state index contributed by atoms with van der Waals surface area (Å²) >= 11 is 1.18. The van der Waals surface area contributed by atoms with Crippen LogP contribution in [0.4, 0.5) is 0 Å². The van der Waals surface area contributed by atoms with Crippen LogP contribution in [0.3, 0.4) is 0 Å². The lowest BCUT2D eigenvalue weighted by Gasteiger charge is -2.28. The van der Waals surface area contributed by atoms with Gasteiger partial charge in [0.15, 0.2) is 0 Å². The highest BCUT2D eigenvalue weighted by Gasteiger charge is 2.23. The van der Waals surface area contributed by atoms with Gasteiger partial charge in [-0.05, 0) is 56.7 Å². The quantitative estimate of drug-likeness (QED) is 0.861. The molecule has 2 atom stereocenters. The summed E-state index contributed by atoms with van der Waals surface area (Å²) in [7, 11) is 0. The van der Waals surface area contributed by atoms with E-state index in [-0.39, 0.29) is 11.9 Å². The minimum atomic E-state index is -0.0278. The second-order valence-electron chi connectivity index (χ2n) is 4.77. The van der Waals surface area contributed by atoms with Gasteiger partial charge in [0, 0.05) is 6.04 Å². The van der Waals surface area contributed by atoms with E-state index < -0.39 is 0 Å². The Labute approximate surface area is 112 Å². The summed E-state index contributed by atoms with van der Waals surface area (Å²) in [5, 5.41) is 10.4. The Bertz CT molecular complexity index is 401. The van der Waals surface area contributed by atoms with Gasteiger partial charge in [-0.15, -0.1) is 5.10 Å². The summed E-state index contributed by atoms with van der Waals surface area (Å²) in [6.45, 7) is 6.15. The number of piperidine rings is 1. The number of aromatic nitrogens is 2. The third-order valence-corrected chi connectivity index (χ3v) is 4.26. The number of hydrogen-bond acceptors (Lipinski definition) is 5. The van der Waals surface area contributed by atoms with Crippen molar-refractivity contribution >= 4 is 17.4 Å². The average molecular weight is 268 g/mol. The second-order valence-corrected chi connectivity index (χ2v) is 5.52. The van der Waals surface area contributed by atoms with Crippen LogP contribution in [-0.2, 0) is 6.42 Å². The Balaban J connectivity index is 1.94. The van der Waals surface area contributed by atoms with Crippen molar-refractivity contribution in [2.24, 2.45) is 5.92 Å². The first-order chi connectivity index (χ1) is 8.72. The fraction of sp³-hybridized carbons (Fsp3) is 0.750. The Morgan fingerprint density at radius 3 is 3.17 bits per heavy atom. The number of aryl methyl sites for hydroxylation is 1. The third-order valence-electron chi connectivity index (χ3n) is 3.50. The fourth-order valence-corrected chi connectivity index (χ4v) is 2.96. The van der Waals surface area contributed by atoms with Crippen molar-refractivity contribution in [3.05, 3.63) is 10.6 Å². The van der Waals surface area contributed by atoms with Gasteiger partial charge in [0.05, 0.1) is 5.69 Å². The molecule has 1 aliphatic rings. The summed E-state index contributed by atoms with van der Waals surface area (Å²) in [5.74, 6) is 0.494. The van der Waals surface area contributed by atoms with E-state index in [1.54, 1.807) is 0 Å². The molecule has 5 nitrogen and oxygen atoms in total. The van der Waals surface area contributed by atoms with Crippen LogP contribution >= 0.6 is 11.5 Å². The van der Waals surface area contributed by atoms with Crippen LogP contribution in [0.25, 0.3) is 0 Å². The largest absolute Gasteiger partial charge is 0.348 e. The molecule has 2 rings (SSSR count). The predicted octanol–water partition coefficient (Wildman–Crippen LogP) is 1.22. The molecule has 1 aliphatic heterocycles. The topological polar surface area (TPSA) is 66.9 Å². The summed E-state index contributed by atoms with van der Waals surface area (Å²) in [5.41, 5.74) is 0.798. The molecule has 0 aliphatic carbocycles. The molecular weight excluding hydrogens is 248 g/mol. The smallest absolute Gasteiger partial charge is 0.265 e. The van der Waals surface area contributed by atoms with Crippen LogP contribution < -0.4 is 10.6 Å². The first-order valence-corrected chi connectivity index (χ1v) is 7.32. The van der Waals surface area contributed by atoms with Gasteiger partial charge < -0.3 is 10.6 Å². The number of nitrogens with one attached hydrogen (secondary N) is 2. The minimum Gasteiger partial charge on any atom is -0.348 e. The lowest BCUT2D eigenvalue weighted by molar-refractivity contribution is 0.0925. The van der Waals surface area contributed by atoms with Gasteiger partial charge in [-0.1, -0.05) is 11.4 Å². The molecule has 2 N–H and O–H groups in total. The zero-order valence-corrected chi connectivity index (χ0v) is 11.7. The number of rotatable bonds is 4. The molecule has 2 heterocycles. The van der Waals surface area contributed by atoms with Crippen LogP contribution in [0.15, 0.2) is 0 Å². The summed E-state index contributed by atoms with van der Waals surface area (Å²) in [6, 6.07) is 0.192. The predicted molar refractivity (Wildman–Crippen MR) is 71.8 cm³/mol. The number of carbonyl (C=O) groups is 1. The van der Waals surface area contributed by atoms with Crippen molar-refractivity contribution in [3.8, 4) is 0 Å². The lowest BCUT2D eigenvalue weighted by atomic mass is 9.93. The second kappa shape index (κ2) is 6.24. The standard InChI is InChI=1S/C12H20N4OS/c1-3-10-11(18-16-15-10)12(17)14-8(2)9-5-4-6-13-7-9/h8-9,13H,3-7H2,1-2H3,(H,14,17). The Hall–Kier alpha value is -1.01. The monoisotopic (exact) mass is 268 g/mol. The van der Waals surface area contributed by atoms with Crippen LogP contribution in [0.5, 0.6) is 0 Å². The van der Waals surface area contributed by atoms with Crippen LogP contribution in [0.1, 0.15) is 42.1 Å². The Morgan fingerprint density at radius 1 is 1.67 bits per heavy atom. The SMILES string of the molecule is CCc1nnsc1C(=O)NC(C)C1CCCNC1. The van der Waals surface area contributed by atoms with Gasteiger partial charge in [-0.3, -0.25) is 4.79 Å². The van der Waals surface area contributed by atoms with Gasteiger partial charge in [0.2, 0.25) is 0 Å². The first-order valence-electron chi connectivity index (χ1n) is 6.55. The Morgan fingerprint density at radius 2 is 2.50 bits per heavy atom. The molecule has 0 radical (unpaired) electrons. The van der Waals surface area contributed by atoms with Crippen molar-refractivity contribution in [3.63, 3.8) is 0 Å². The average Bonchev–Trinajstić information content (AvgIpc) is 2.88. The molecule has 2 unspecified atom stereocenters. The molecule has 1 aromatic rings. The molecule has 100 valence electrons. The van der Waals surface area contributed by atoms with E-state index in [9.17, 15) is 4.79 Å². The normalized spacial score (nSPS) is 21.6. The molecule has 0 spiro atoms. The molecule has 1 fully saturated rings. The van der Waals surface area contributed by atoms with Crippen molar-refractivity contribution in [1.82, 2.24) is 20.2 Å². The Kier molecular flexibility index (Phi) is 4.66. The highest BCUT2D eigenvalue weighted by Crippen LogP contribution is 2.16. The zero-order chi connectivity index (χ0) is 13.0. The van der Waals surface area contributed by atoms with E-state index in [0.717, 1.165) is 25.2 Å². The molecule has 1 amide bonds. The first kappa shape index (κ1) is 13.4. The van der Waals surface area contributed by atoms with Crippen LogP contribution in [-0.4, -0.2) is 34.6 Å². The van der Waals surface area contributed by atoms with Gasteiger partial charge in [-0.25, -0.2) is 0 Å². The van der Waals surface area contributed by atoms with Crippen molar-refractivity contribution < 1.29 is 4.79 Å². The van der Waals surface area contributed by atoms with E-state index in [0.29, 0.717) is 10.8 Å². The molecule has 18 heavy (non-hydrogen) atoms. The maximum Gasteiger partial charge on any atom is 0.265 e. The number of carbonyl (C=O) groups excluding carboxylic acids is 1. The van der Waals surface area contributed by atoms with Crippen molar-refractivity contribution in [2.75, 3.05) is 13.1 Å². The molecule has 0 bridgehead atoms. The van der Waals surface area contributed by atoms with Gasteiger partial charge >= 0.3 is 0 Å². The lowest BCUT2D eigenvalue weighted by Crippen LogP contribution is -2.44. The molecule has 1 saturated heterocycles. The van der Waals surface area contributed by atoms with Crippen LogP contribution in [0, 0.1) is 5.92 Å². The summed E-state index contributed by atoms with van der Waals surface area (Å²) in [4.78, 5) is 12.8. The van der Waals surface area contributed by atoms with E-state index in [1.807, 2.05) is 6.92 Å². The maximum absolute atomic E-state index is 12.1. The van der Waals surface area contributed by atoms with E-state index in [1.165, 1.54) is 24.4 Å². The molecule has 1 aromatic heterocycles. The summed E-state index contributed by atoms with van der Waals surface area (Å²) < 4.78 is 3.85. The zero-order valence-electron chi connectivity index (χ0n) is 10.9. The summed E-state index contributed by atoms with van der Waals surface area (Å²) in [6.07, 6.45) is 3.11. The minimum absolute atomic E-state index is 0.0278. The van der Waals surface area contributed by atoms with E-state index >= 15 is 0 Å². The number of amides is 1. The highest BCUT2D eigenvalue weighted by molar-refractivity contribution is 7.08. The molecular formula is C12H20N4OS. The van der Waals surface area contributed by atoms with Crippen molar-refractivity contribution in [1.29, 1.82) is 0 Å². The third kappa shape index (κ3) is 3.05. The molecule has 6 heteroatoms. The van der Waals surface area contributed by atoms with E-state index in [2.05, 4.69) is 27.1 Å². The van der Waals surface area contributed by atoms with Gasteiger partial charge in [0.25, 0.3) is 5.91 Å². The maximum atomic E-state index is 12.1. The van der Waals surface area contributed by atoms with E-state index in [4.69, 9.17) is 0 Å². The number of nitrogens with zero attached hydrogens (tertiary/aromatic N) is 2. The van der Waals surface area contributed by atoms with Crippen LogP contribution in [0.2, 0.25) is 0 Å². The molecule has 0 saturated carbocycles. The highest BCUT2D eigenvalue weighted by atomic mass is 32.1. The van der Waals surface area contributed by atoms with Gasteiger partial charge in [0.1, 0.15) is 4.88 Å². The number of hydrogen-bond donors (Lipinski definition) is 2. The van der Waals surface area contributed by atoms with Gasteiger partial charge in [-0.2, -0.15) is 0 Å². The molecule has 0 aromatic carbocycles. The van der Waals surface area contributed by atoms with Crippen molar-refractivity contribution in [2.45, 2.75) is 39.2 Å².